The van der Waals surface area contributed by atoms with Gasteiger partial charge in [-0.25, -0.2) is 4.79 Å². The van der Waals surface area contributed by atoms with Crippen LogP contribution < -0.4 is 10.1 Å². The number of hydrogen-bond donors (Lipinski definition) is 2. The average Bonchev–Trinajstić information content (AvgIpc) is 2.59. The number of carboxylic acid groups (broad SMARTS) is 1. The van der Waals surface area contributed by atoms with Crippen molar-refractivity contribution in [2.75, 3.05) is 7.11 Å². The number of nitrogens with one attached hydrogen (secondary N) is 1. The van der Waals surface area contributed by atoms with E-state index >= 15 is 0 Å². The highest BCUT2D eigenvalue weighted by atomic mass is 16.5. The minimum atomic E-state index is -1.17. The third-order valence-corrected chi connectivity index (χ3v) is 3.25. The molecule has 0 saturated heterocycles. The zero-order valence-corrected chi connectivity index (χ0v) is 12.6. The van der Waals surface area contributed by atoms with Gasteiger partial charge in [0.1, 0.15) is 5.75 Å². The maximum atomic E-state index is 11.9. The lowest BCUT2D eigenvalue weighted by Crippen LogP contribution is -2.27. The quantitative estimate of drug-likeness (QED) is 0.804. The lowest BCUT2D eigenvalue weighted by Gasteiger charge is -2.19. The monoisotopic (exact) mass is 311 g/mol. The topological polar surface area (TPSA) is 75.6 Å². The van der Waals surface area contributed by atoms with E-state index < -0.39 is 11.9 Å². The van der Waals surface area contributed by atoms with Crippen molar-refractivity contribution in [2.45, 2.75) is 6.04 Å². The van der Waals surface area contributed by atoms with Gasteiger partial charge in [-0.2, -0.15) is 0 Å². The molecule has 0 spiro atoms. The largest absolute Gasteiger partial charge is 0.497 e. The van der Waals surface area contributed by atoms with E-state index in [2.05, 4.69) is 5.32 Å². The Kier molecular flexibility index (Phi) is 5.52. The zero-order valence-electron chi connectivity index (χ0n) is 12.6. The van der Waals surface area contributed by atoms with Gasteiger partial charge in [-0.3, -0.25) is 4.79 Å². The molecule has 2 N–H and O–H groups in total. The number of carboxylic acids is 1. The maximum absolute atomic E-state index is 11.9. The summed E-state index contributed by atoms with van der Waals surface area (Å²) in [7, 11) is 1.59. The van der Waals surface area contributed by atoms with Crippen LogP contribution in [0.2, 0.25) is 0 Å². The molecule has 0 aliphatic rings. The smallest absolute Gasteiger partial charge is 0.328 e. The summed E-state index contributed by atoms with van der Waals surface area (Å²) in [5, 5.41) is 11.4. The van der Waals surface area contributed by atoms with Crippen molar-refractivity contribution in [1.29, 1.82) is 0 Å². The summed E-state index contributed by atoms with van der Waals surface area (Å²) in [5.74, 6) is -0.921. The van der Waals surface area contributed by atoms with E-state index in [9.17, 15) is 9.59 Å². The number of ether oxygens (including phenoxy) is 1. The third kappa shape index (κ3) is 4.71. The number of hydrogen-bond acceptors (Lipinski definition) is 3. The Morgan fingerprint density at radius 2 is 1.61 bits per heavy atom. The van der Waals surface area contributed by atoms with Gasteiger partial charge in [0.2, 0.25) is 5.91 Å². The van der Waals surface area contributed by atoms with Crippen LogP contribution in [0.1, 0.15) is 17.2 Å². The summed E-state index contributed by atoms with van der Waals surface area (Å²) >= 11 is 0. The van der Waals surface area contributed by atoms with Gasteiger partial charge in [-0.05, 0) is 23.3 Å². The van der Waals surface area contributed by atoms with Gasteiger partial charge in [0.05, 0.1) is 13.2 Å². The molecule has 2 rings (SSSR count). The maximum Gasteiger partial charge on any atom is 0.328 e. The molecule has 5 nitrogen and oxygen atoms in total. The van der Waals surface area contributed by atoms with E-state index in [1.165, 1.54) is 0 Å². The van der Waals surface area contributed by atoms with Crippen molar-refractivity contribution >= 4 is 11.9 Å². The van der Waals surface area contributed by atoms with Crippen molar-refractivity contribution in [2.24, 2.45) is 0 Å². The SMILES string of the molecule is COc1ccc([C@H](NC(=O)/C=C\C(=O)O)c2ccccc2)cc1. The number of aliphatic carboxylic acids is 1. The molecule has 0 aliphatic carbocycles. The Morgan fingerprint density at radius 1 is 1.00 bits per heavy atom. The molecule has 5 heteroatoms. The van der Waals surface area contributed by atoms with E-state index in [1.807, 2.05) is 54.6 Å². The molecule has 0 saturated carbocycles. The van der Waals surface area contributed by atoms with E-state index in [-0.39, 0.29) is 6.04 Å². The fourth-order valence-corrected chi connectivity index (χ4v) is 2.14. The second-order valence-electron chi connectivity index (χ2n) is 4.80. The predicted octanol–water partition coefficient (Wildman–Crippen LogP) is 2.54. The van der Waals surface area contributed by atoms with Gasteiger partial charge in [0.15, 0.2) is 0 Å². The van der Waals surface area contributed by atoms with Gasteiger partial charge in [-0.1, -0.05) is 42.5 Å². The number of benzene rings is 2. The molecule has 0 heterocycles. The first-order chi connectivity index (χ1) is 11.1. The summed E-state index contributed by atoms with van der Waals surface area (Å²) in [6.45, 7) is 0. The lowest BCUT2D eigenvalue weighted by atomic mass is 9.98. The van der Waals surface area contributed by atoms with Crippen LogP contribution in [-0.2, 0) is 9.59 Å². The molecule has 0 radical (unpaired) electrons. The fraction of sp³-hybridized carbons (Fsp3) is 0.111. The minimum Gasteiger partial charge on any atom is -0.497 e. The molecular weight excluding hydrogens is 294 g/mol. The van der Waals surface area contributed by atoms with Crippen LogP contribution in [0, 0.1) is 0 Å². The average molecular weight is 311 g/mol. The molecule has 0 unspecified atom stereocenters. The zero-order chi connectivity index (χ0) is 16.7. The summed E-state index contributed by atoms with van der Waals surface area (Å²) in [6, 6.07) is 16.4. The van der Waals surface area contributed by atoms with Crippen LogP contribution >= 0.6 is 0 Å². The molecule has 1 amide bonds. The van der Waals surface area contributed by atoms with Crippen LogP contribution in [0.15, 0.2) is 66.7 Å². The minimum absolute atomic E-state index is 0.381. The molecule has 2 aromatic carbocycles. The van der Waals surface area contributed by atoms with Gasteiger partial charge in [0, 0.05) is 12.2 Å². The first kappa shape index (κ1) is 16.3. The molecular formula is C18H17NO4. The van der Waals surface area contributed by atoms with E-state index in [0.29, 0.717) is 0 Å². The number of amides is 1. The fourth-order valence-electron chi connectivity index (χ4n) is 2.14. The van der Waals surface area contributed by atoms with Crippen molar-refractivity contribution in [3.8, 4) is 5.75 Å². The lowest BCUT2D eigenvalue weighted by molar-refractivity contribution is -0.131. The Balaban J connectivity index is 2.28. The molecule has 23 heavy (non-hydrogen) atoms. The first-order valence-corrected chi connectivity index (χ1v) is 7.00. The van der Waals surface area contributed by atoms with E-state index in [0.717, 1.165) is 29.0 Å². The van der Waals surface area contributed by atoms with Crippen molar-refractivity contribution < 1.29 is 19.4 Å². The number of rotatable bonds is 6. The molecule has 118 valence electrons. The van der Waals surface area contributed by atoms with Crippen LogP contribution in [0.5, 0.6) is 5.75 Å². The summed E-state index contributed by atoms with van der Waals surface area (Å²) < 4.78 is 5.14. The standard InChI is InChI=1S/C18H17NO4/c1-23-15-9-7-14(8-10-15)18(13-5-3-2-4-6-13)19-16(20)11-12-17(21)22/h2-12,18H,1H3,(H,19,20)(H,21,22)/b12-11-/t18-/m1/s1. The summed E-state index contributed by atoms with van der Waals surface area (Å²) in [5.41, 5.74) is 1.77. The van der Waals surface area contributed by atoms with Gasteiger partial charge in [-0.15, -0.1) is 0 Å². The first-order valence-electron chi connectivity index (χ1n) is 7.00. The van der Waals surface area contributed by atoms with Gasteiger partial charge in [0.25, 0.3) is 0 Å². The van der Waals surface area contributed by atoms with Gasteiger partial charge < -0.3 is 15.2 Å². The normalized spacial score (nSPS) is 11.9. The molecule has 0 fully saturated rings. The third-order valence-electron chi connectivity index (χ3n) is 3.25. The molecule has 0 aromatic heterocycles. The van der Waals surface area contributed by atoms with Crippen LogP contribution in [0.4, 0.5) is 0 Å². The molecule has 2 aromatic rings. The number of carbonyl (C=O) groups excluding carboxylic acids is 1. The van der Waals surface area contributed by atoms with E-state index in [4.69, 9.17) is 9.84 Å². The van der Waals surface area contributed by atoms with Crippen LogP contribution in [0.3, 0.4) is 0 Å². The number of carbonyl (C=O) groups is 2. The number of methoxy groups -OCH3 is 1. The second-order valence-corrected chi connectivity index (χ2v) is 4.80. The van der Waals surface area contributed by atoms with Gasteiger partial charge >= 0.3 is 5.97 Å². The Morgan fingerprint density at radius 3 is 2.17 bits per heavy atom. The highest BCUT2D eigenvalue weighted by Gasteiger charge is 2.15. The second kappa shape index (κ2) is 7.79. The van der Waals surface area contributed by atoms with Crippen molar-refractivity contribution in [1.82, 2.24) is 5.32 Å². The Labute approximate surface area is 134 Å². The molecule has 0 aliphatic heterocycles. The van der Waals surface area contributed by atoms with Crippen molar-refractivity contribution in [3.63, 3.8) is 0 Å². The highest BCUT2D eigenvalue weighted by Crippen LogP contribution is 2.24. The predicted molar refractivity (Wildman–Crippen MR) is 86.2 cm³/mol. The van der Waals surface area contributed by atoms with Crippen LogP contribution in [-0.4, -0.2) is 24.1 Å². The Hall–Kier alpha value is -3.08. The molecule has 0 bridgehead atoms. The summed E-state index contributed by atoms with van der Waals surface area (Å²) in [6.07, 6.45) is 1.81. The van der Waals surface area contributed by atoms with E-state index in [1.54, 1.807) is 7.11 Å². The summed E-state index contributed by atoms with van der Waals surface area (Å²) in [4.78, 5) is 22.5. The highest BCUT2D eigenvalue weighted by molar-refractivity contribution is 5.94. The Bertz CT molecular complexity index is 693. The van der Waals surface area contributed by atoms with Crippen molar-refractivity contribution in [3.05, 3.63) is 77.9 Å². The van der Waals surface area contributed by atoms with Crippen LogP contribution in [0.25, 0.3) is 0 Å². The molecule has 1 atom stereocenters.